The molecule has 0 aliphatic heterocycles. The molecule has 3 aromatic heterocycles. The Morgan fingerprint density at radius 1 is 1.19 bits per heavy atom. The minimum atomic E-state index is -0.390. The summed E-state index contributed by atoms with van der Waals surface area (Å²) in [6, 6.07) is 9.82. The molecular weight excluding hydrogens is 266 g/mol. The number of hydrogen-bond donors (Lipinski definition) is 2. The lowest BCUT2D eigenvalue weighted by Gasteiger charge is -1.98. The SMILES string of the molecule is COC(=O)c1cc2nc(C)c3[nH]c4ccccc4c3c2[nH]1. The number of nitrogens with one attached hydrogen (secondary N) is 2. The number of carbonyl (C=O) groups is 1. The van der Waals surface area contributed by atoms with E-state index in [0.717, 1.165) is 38.5 Å². The van der Waals surface area contributed by atoms with E-state index < -0.39 is 5.97 Å². The predicted molar refractivity (Wildman–Crippen MR) is 81.5 cm³/mol. The van der Waals surface area contributed by atoms with E-state index in [-0.39, 0.29) is 0 Å². The van der Waals surface area contributed by atoms with Crippen LogP contribution in [0.15, 0.2) is 30.3 Å². The Morgan fingerprint density at radius 2 is 2.00 bits per heavy atom. The molecule has 0 aliphatic rings. The van der Waals surface area contributed by atoms with E-state index in [2.05, 4.69) is 21.0 Å². The first-order valence-corrected chi connectivity index (χ1v) is 6.67. The van der Waals surface area contributed by atoms with Gasteiger partial charge < -0.3 is 14.7 Å². The number of aromatic nitrogens is 3. The van der Waals surface area contributed by atoms with Crippen molar-refractivity contribution in [3.05, 3.63) is 41.7 Å². The standard InChI is InChI=1S/C16H13N3O2/c1-8-14-13(9-5-3-4-6-10(9)18-14)15-11(17-8)7-12(19-15)16(20)21-2/h3-7,18-19H,1-2H3. The van der Waals surface area contributed by atoms with Crippen molar-refractivity contribution in [1.29, 1.82) is 0 Å². The van der Waals surface area contributed by atoms with Crippen molar-refractivity contribution in [2.24, 2.45) is 0 Å². The van der Waals surface area contributed by atoms with Gasteiger partial charge in [-0.3, -0.25) is 0 Å². The number of para-hydroxylation sites is 1. The number of carbonyl (C=O) groups excluding carboxylic acids is 1. The van der Waals surface area contributed by atoms with Gasteiger partial charge in [0.15, 0.2) is 0 Å². The number of aromatic amines is 2. The molecule has 0 saturated heterocycles. The number of aryl methyl sites for hydroxylation is 1. The Morgan fingerprint density at radius 3 is 2.81 bits per heavy atom. The normalized spacial score (nSPS) is 11.5. The fourth-order valence-corrected chi connectivity index (χ4v) is 2.85. The van der Waals surface area contributed by atoms with Gasteiger partial charge in [0.2, 0.25) is 0 Å². The summed E-state index contributed by atoms with van der Waals surface area (Å²) in [4.78, 5) is 22.8. The number of pyridine rings is 1. The molecule has 0 radical (unpaired) electrons. The molecule has 0 spiro atoms. The van der Waals surface area contributed by atoms with Gasteiger partial charge in [-0.25, -0.2) is 9.78 Å². The number of rotatable bonds is 1. The van der Waals surface area contributed by atoms with Crippen molar-refractivity contribution in [3.63, 3.8) is 0 Å². The maximum Gasteiger partial charge on any atom is 0.354 e. The molecule has 4 rings (SSSR count). The maximum absolute atomic E-state index is 11.7. The van der Waals surface area contributed by atoms with Gasteiger partial charge >= 0.3 is 5.97 Å². The van der Waals surface area contributed by atoms with Crippen LogP contribution >= 0.6 is 0 Å². The number of esters is 1. The lowest BCUT2D eigenvalue weighted by molar-refractivity contribution is 0.0595. The Kier molecular flexibility index (Phi) is 2.33. The Bertz CT molecular complexity index is 1010. The molecule has 21 heavy (non-hydrogen) atoms. The van der Waals surface area contributed by atoms with Gasteiger partial charge in [0.25, 0.3) is 0 Å². The van der Waals surface area contributed by atoms with Gasteiger partial charge in [-0.1, -0.05) is 18.2 Å². The first-order valence-electron chi connectivity index (χ1n) is 6.67. The summed E-state index contributed by atoms with van der Waals surface area (Å²) in [5.41, 5.74) is 4.99. The maximum atomic E-state index is 11.7. The number of nitrogens with zero attached hydrogens (tertiary/aromatic N) is 1. The summed E-state index contributed by atoms with van der Waals surface area (Å²) in [6.45, 7) is 1.96. The fourth-order valence-electron chi connectivity index (χ4n) is 2.85. The highest BCUT2D eigenvalue weighted by Crippen LogP contribution is 2.32. The van der Waals surface area contributed by atoms with E-state index in [1.807, 2.05) is 25.1 Å². The number of ether oxygens (including phenoxy) is 1. The van der Waals surface area contributed by atoms with Crippen molar-refractivity contribution in [3.8, 4) is 0 Å². The molecule has 3 heterocycles. The molecule has 5 nitrogen and oxygen atoms in total. The Balaban J connectivity index is 2.20. The van der Waals surface area contributed by atoms with Crippen LogP contribution in [0.1, 0.15) is 16.2 Å². The Hall–Kier alpha value is -2.82. The average molecular weight is 279 g/mol. The lowest BCUT2D eigenvalue weighted by Crippen LogP contribution is -2.00. The van der Waals surface area contributed by atoms with E-state index in [4.69, 9.17) is 4.74 Å². The molecule has 0 aliphatic carbocycles. The lowest BCUT2D eigenvalue weighted by atomic mass is 10.1. The zero-order chi connectivity index (χ0) is 14.6. The molecule has 0 bridgehead atoms. The van der Waals surface area contributed by atoms with Gasteiger partial charge in [-0.15, -0.1) is 0 Å². The van der Waals surface area contributed by atoms with Crippen LogP contribution in [0.2, 0.25) is 0 Å². The molecule has 1 aromatic carbocycles. The highest BCUT2D eigenvalue weighted by molar-refractivity contribution is 6.19. The summed E-state index contributed by atoms with van der Waals surface area (Å²) >= 11 is 0. The van der Waals surface area contributed by atoms with Crippen LogP contribution in [-0.2, 0) is 4.74 Å². The summed E-state index contributed by atoms with van der Waals surface area (Å²) in [5, 5.41) is 2.17. The van der Waals surface area contributed by atoms with E-state index in [9.17, 15) is 4.79 Å². The number of hydrogen-bond acceptors (Lipinski definition) is 3. The monoisotopic (exact) mass is 279 g/mol. The fraction of sp³-hybridized carbons (Fsp3) is 0.125. The zero-order valence-corrected chi connectivity index (χ0v) is 11.7. The molecule has 0 atom stereocenters. The highest BCUT2D eigenvalue weighted by atomic mass is 16.5. The largest absolute Gasteiger partial charge is 0.464 e. The van der Waals surface area contributed by atoms with Crippen LogP contribution in [0.3, 0.4) is 0 Å². The Labute approximate surface area is 119 Å². The van der Waals surface area contributed by atoms with Crippen LogP contribution in [0, 0.1) is 6.92 Å². The van der Waals surface area contributed by atoms with Gasteiger partial charge in [-0.05, 0) is 19.1 Å². The van der Waals surface area contributed by atoms with Crippen LogP contribution < -0.4 is 0 Å². The summed E-state index contributed by atoms with van der Waals surface area (Å²) in [6.07, 6.45) is 0. The quantitative estimate of drug-likeness (QED) is 0.525. The van der Waals surface area contributed by atoms with Gasteiger partial charge in [0.1, 0.15) is 5.69 Å². The van der Waals surface area contributed by atoms with Crippen LogP contribution in [0.25, 0.3) is 32.8 Å². The second kappa shape index (κ2) is 4.09. The molecule has 104 valence electrons. The minimum Gasteiger partial charge on any atom is -0.464 e. The molecule has 4 aromatic rings. The first kappa shape index (κ1) is 12.0. The number of H-pyrrole nitrogens is 2. The number of fused-ring (bicyclic) bond motifs is 5. The van der Waals surface area contributed by atoms with E-state index >= 15 is 0 Å². The average Bonchev–Trinajstić information content (AvgIpc) is 3.07. The molecule has 0 amide bonds. The molecule has 0 unspecified atom stereocenters. The third-order valence-electron chi connectivity index (χ3n) is 3.81. The smallest absolute Gasteiger partial charge is 0.354 e. The van der Waals surface area contributed by atoms with E-state index in [1.165, 1.54) is 7.11 Å². The molecule has 2 N–H and O–H groups in total. The van der Waals surface area contributed by atoms with E-state index in [0.29, 0.717) is 5.69 Å². The van der Waals surface area contributed by atoms with Crippen molar-refractivity contribution < 1.29 is 9.53 Å². The summed E-state index contributed by atoms with van der Waals surface area (Å²) in [5.74, 6) is -0.390. The van der Waals surface area contributed by atoms with Crippen LogP contribution in [0.4, 0.5) is 0 Å². The third-order valence-corrected chi connectivity index (χ3v) is 3.81. The third kappa shape index (κ3) is 1.57. The van der Waals surface area contributed by atoms with Crippen LogP contribution in [-0.4, -0.2) is 28.0 Å². The van der Waals surface area contributed by atoms with Gasteiger partial charge in [-0.2, -0.15) is 0 Å². The molecular formula is C16H13N3O2. The van der Waals surface area contributed by atoms with Crippen molar-refractivity contribution >= 4 is 38.8 Å². The van der Waals surface area contributed by atoms with Crippen molar-refractivity contribution in [2.45, 2.75) is 6.92 Å². The predicted octanol–water partition coefficient (Wildman–Crippen LogP) is 3.29. The van der Waals surface area contributed by atoms with Gasteiger partial charge in [0, 0.05) is 16.3 Å². The summed E-state index contributed by atoms with van der Waals surface area (Å²) in [7, 11) is 1.37. The molecule has 0 fully saturated rings. The zero-order valence-electron chi connectivity index (χ0n) is 11.7. The topological polar surface area (TPSA) is 70.8 Å². The number of benzene rings is 1. The first-order chi connectivity index (χ1) is 10.2. The van der Waals surface area contributed by atoms with Crippen molar-refractivity contribution in [2.75, 3.05) is 7.11 Å². The van der Waals surface area contributed by atoms with E-state index in [1.54, 1.807) is 6.07 Å². The van der Waals surface area contributed by atoms with Crippen molar-refractivity contribution in [1.82, 2.24) is 15.0 Å². The minimum absolute atomic E-state index is 0.390. The molecule has 5 heteroatoms. The van der Waals surface area contributed by atoms with Crippen LogP contribution in [0.5, 0.6) is 0 Å². The summed E-state index contributed by atoms with van der Waals surface area (Å²) < 4.78 is 4.77. The number of methoxy groups -OCH3 is 1. The molecule has 0 saturated carbocycles. The highest BCUT2D eigenvalue weighted by Gasteiger charge is 2.16. The second-order valence-electron chi connectivity index (χ2n) is 5.05. The second-order valence-corrected chi connectivity index (χ2v) is 5.05. The van der Waals surface area contributed by atoms with Gasteiger partial charge in [0.05, 0.1) is 29.4 Å².